The number of anilines is 1. The van der Waals surface area contributed by atoms with Gasteiger partial charge >= 0.3 is 0 Å². The fourth-order valence-electron chi connectivity index (χ4n) is 2.22. The lowest BCUT2D eigenvalue weighted by molar-refractivity contribution is 0.768. The van der Waals surface area contributed by atoms with Crippen LogP contribution >= 0.6 is 11.8 Å². The van der Waals surface area contributed by atoms with E-state index in [4.69, 9.17) is 0 Å². The quantitative estimate of drug-likeness (QED) is 0.850. The lowest BCUT2D eigenvalue weighted by Crippen LogP contribution is -2.25. The summed E-state index contributed by atoms with van der Waals surface area (Å²) in [5, 5.41) is 4.40. The summed E-state index contributed by atoms with van der Waals surface area (Å²) in [5.41, 5.74) is 2.30. The molecule has 1 aliphatic carbocycles. The summed E-state index contributed by atoms with van der Waals surface area (Å²) in [4.78, 5) is 4.21. The standard InChI is InChI=1S/C12H18N2S/c1-9-8-10(6-7-13-9)14-11-4-3-5-12(11)15-2/h6-8,11-12H,3-5H2,1-2H3,(H,13,14). The minimum absolute atomic E-state index is 0.641. The Kier molecular flexibility index (Phi) is 3.52. The van der Waals surface area contributed by atoms with Crippen LogP contribution in [-0.4, -0.2) is 22.5 Å². The molecular weight excluding hydrogens is 204 g/mol. The largest absolute Gasteiger partial charge is 0.381 e. The van der Waals surface area contributed by atoms with Crippen molar-refractivity contribution in [2.24, 2.45) is 0 Å². The van der Waals surface area contributed by atoms with Gasteiger partial charge in [0.1, 0.15) is 0 Å². The van der Waals surface area contributed by atoms with E-state index in [0.717, 1.165) is 10.9 Å². The van der Waals surface area contributed by atoms with Crippen LogP contribution in [0, 0.1) is 6.92 Å². The summed E-state index contributed by atoms with van der Waals surface area (Å²) in [6.45, 7) is 2.03. The van der Waals surface area contributed by atoms with Crippen LogP contribution < -0.4 is 5.32 Å². The number of thioether (sulfide) groups is 1. The van der Waals surface area contributed by atoms with E-state index in [1.807, 2.05) is 24.9 Å². The summed E-state index contributed by atoms with van der Waals surface area (Å²) in [7, 11) is 0. The molecule has 1 saturated carbocycles. The van der Waals surface area contributed by atoms with Gasteiger partial charge in [-0.1, -0.05) is 6.42 Å². The molecule has 2 unspecified atom stereocenters. The second-order valence-electron chi connectivity index (χ2n) is 4.14. The van der Waals surface area contributed by atoms with Crippen LogP contribution in [0.25, 0.3) is 0 Å². The van der Waals surface area contributed by atoms with E-state index in [2.05, 4.69) is 28.7 Å². The van der Waals surface area contributed by atoms with Crippen molar-refractivity contribution in [2.45, 2.75) is 37.5 Å². The van der Waals surface area contributed by atoms with Crippen LogP contribution in [0.4, 0.5) is 5.69 Å². The third-order valence-corrected chi connectivity index (χ3v) is 4.17. The summed E-state index contributed by atoms with van der Waals surface area (Å²) in [6, 6.07) is 4.82. The van der Waals surface area contributed by atoms with E-state index in [0.29, 0.717) is 6.04 Å². The SMILES string of the molecule is CSC1CCCC1Nc1ccnc(C)c1. The Morgan fingerprint density at radius 2 is 2.33 bits per heavy atom. The minimum atomic E-state index is 0.641. The molecule has 0 bridgehead atoms. The number of pyridine rings is 1. The van der Waals surface area contributed by atoms with Gasteiger partial charge in [0.25, 0.3) is 0 Å². The highest BCUT2D eigenvalue weighted by Crippen LogP contribution is 2.30. The van der Waals surface area contributed by atoms with Crippen molar-refractivity contribution >= 4 is 17.4 Å². The van der Waals surface area contributed by atoms with Crippen LogP contribution in [0.5, 0.6) is 0 Å². The molecule has 2 atom stereocenters. The molecule has 2 rings (SSSR count). The first-order valence-electron chi connectivity index (χ1n) is 5.51. The maximum atomic E-state index is 4.21. The van der Waals surface area contributed by atoms with Gasteiger partial charge in [-0.05, 0) is 38.2 Å². The van der Waals surface area contributed by atoms with Crippen molar-refractivity contribution < 1.29 is 0 Å². The Morgan fingerprint density at radius 3 is 3.07 bits per heavy atom. The lowest BCUT2D eigenvalue weighted by Gasteiger charge is -2.20. The number of aromatic nitrogens is 1. The van der Waals surface area contributed by atoms with Crippen molar-refractivity contribution in [1.29, 1.82) is 0 Å². The fraction of sp³-hybridized carbons (Fsp3) is 0.583. The lowest BCUT2D eigenvalue weighted by atomic mass is 10.2. The van der Waals surface area contributed by atoms with Crippen LogP contribution in [0.1, 0.15) is 25.0 Å². The molecule has 1 aromatic heterocycles. The van der Waals surface area contributed by atoms with Gasteiger partial charge in [0.2, 0.25) is 0 Å². The highest BCUT2D eigenvalue weighted by Gasteiger charge is 2.25. The van der Waals surface area contributed by atoms with Gasteiger partial charge in [-0.2, -0.15) is 11.8 Å². The third kappa shape index (κ3) is 2.65. The van der Waals surface area contributed by atoms with Gasteiger partial charge < -0.3 is 5.32 Å². The predicted octanol–water partition coefficient (Wildman–Crippen LogP) is 3.09. The summed E-state index contributed by atoms with van der Waals surface area (Å²) in [6.07, 6.45) is 8.09. The van der Waals surface area contributed by atoms with Crippen LogP contribution in [0.15, 0.2) is 18.3 Å². The number of hydrogen-bond donors (Lipinski definition) is 1. The number of aryl methyl sites for hydroxylation is 1. The maximum Gasteiger partial charge on any atom is 0.0393 e. The van der Waals surface area contributed by atoms with Gasteiger partial charge in [-0.15, -0.1) is 0 Å². The van der Waals surface area contributed by atoms with Gasteiger partial charge in [0.15, 0.2) is 0 Å². The highest BCUT2D eigenvalue weighted by atomic mass is 32.2. The second kappa shape index (κ2) is 4.88. The normalized spacial score (nSPS) is 25.5. The zero-order chi connectivity index (χ0) is 10.7. The van der Waals surface area contributed by atoms with Crippen molar-refractivity contribution in [3.8, 4) is 0 Å². The molecule has 0 radical (unpaired) electrons. The van der Waals surface area contributed by atoms with Crippen LogP contribution in [-0.2, 0) is 0 Å². The molecule has 1 N–H and O–H groups in total. The molecular formula is C12H18N2S. The van der Waals surface area contributed by atoms with Gasteiger partial charge in [-0.25, -0.2) is 0 Å². The molecule has 15 heavy (non-hydrogen) atoms. The summed E-state index contributed by atoms with van der Waals surface area (Å²) >= 11 is 1.99. The molecule has 1 aliphatic rings. The smallest absolute Gasteiger partial charge is 0.0393 e. The van der Waals surface area contributed by atoms with Crippen LogP contribution in [0.3, 0.4) is 0 Å². The first-order valence-corrected chi connectivity index (χ1v) is 6.80. The van der Waals surface area contributed by atoms with E-state index in [1.165, 1.54) is 24.9 Å². The first-order chi connectivity index (χ1) is 7.29. The molecule has 0 saturated heterocycles. The predicted molar refractivity (Wildman–Crippen MR) is 67.5 cm³/mol. The topological polar surface area (TPSA) is 24.9 Å². The monoisotopic (exact) mass is 222 g/mol. The number of nitrogens with one attached hydrogen (secondary N) is 1. The molecule has 82 valence electrons. The summed E-state index contributed by atoms with van der Waals surface area (Å²) < 4.78 is 0. The molecule has 0 aromatic carbocycles. The van der Waals surface area contributed by atoms with Crippen molar-refractivity contribution in [3.05, 3.63) is 24.0 Å². The van der Waals surface area contributed by atoms with E-state index in [1.54, 1.807) is 0 Å². The Labute approximate surface area is 95.9 Å². The Bertz CT molecular complexity index is 327. The fourth-order valence-corrected chi connectivity index (χ4v) is 3.16. The van der Waals surface area contributed by atoms with Crippen molar-refractivity contribution in [3.63, 3.8) is 0 Å². The molecule has 0 amide bonds. The van der Waals surface area contributed by atoms with E-state index in [9.17, 15) is 0 Å². The highest BCUT2D eigenvalue weighted by molar-refractivity contribution is 7.99. The number of nitrogens with zero attached hydrogens (tertiary/aromatic N) is 1. The van der Waals surface area contributed by atoms with E-state index in [-0.39, 0.29) is 0 Å². The number of rotatable bonds is 3. The Morgan fingerprint density at radius 1 is 1.47 bits per heavy atom. The van der Waals surface area contributed by atoms with E-state index < -0.39 is 0 Å². The average Bonchev–Trinajstić information content (AvgIpc) is 2.65. The molecule has 1 heterocycles. The molecule has 2 nitrogen and oxygen atoms in total. The molecule has 3 heteroatoms. The third-order valence-electron chi connectivity index (χ3n) is 3.00. The van der Waals surface area contributed by atoms with Crippen molar-refractivity contribution in [1.82, 2.24) is 4.98 Å². The van der Waals surface area contributed by atoms with Gasteiger partial charge in [0, 0.05) is 28.9 Å². The van der Waals surface area contributed by atoms with Crippen LogP contribution in [0.2, 0.25) is 0 Å². The Balaban J connectivity index is 2.02. The molecule has 1 fully saturated rings. The number of hydrogen-bond acceptors (Lipinski definition) is 3. The second-order valence-corrected chi connectivity index (χ2v) is 5.22. The molecule has 0 spiro atoms. The molecule has 1 aromatic rings. The zero-order valence-corrected chi connectivity index (χ0v) is 10.2. The van der Waals surface area contributed by atoms with E-state index >= 15 is 0 Å². The average molecular weight is 222 g/mol. The van der Waals surface area contributed by atoms with Crippen molar-refractivity contribution in [2.75, 3.05) is 11.6 Å². The molecule has 0 aliphatic heterocycles. The first kappa shape index (κ1) is 10.8. The zero-order valence-electron chi connectivity index (χ0n) is 9.36. The van der Waals surface area contributed by atoms with Gasteiger partial charge in [-0.3, -0.25) is 4.98 Å². The minimum Gasteiger partial charge on any atom is -0.381 e. The summed E-state index contributed by atoms with van der Waals surface area (Å²) in [5.74, 6) is 0. The van der Waals surface area contributed by atoms with Gasteiger partial charge in [0.05, 0.1) is 0 Å². The Hall–Kier alpha value is -0.700. The maximum absolute atomic E-state index is 4.21.